The first-order valence-electron chi connectivity index (χ1n) is 8.75. The SMILES string of the molecule is CONS(=O)(=O)c1sc(N(C)C(=O)Cc2ccc(-c3ccccc3)cc2)nc1C. The van der Waals surface area contributed by atoms with Crippen molar-refractivity contribution in [3.05, 3.63) is 65.9 Å². The van der Waals surface area contributed by atoms with E-state index in [4.69, 9.17) is 0 Å². The maximum Gasteiger partial charge on any atom is 0.273 e. The molecule has 152 valence electrons. The zero-order valence-electron chi connectivity index (χ0n) is 16.2. The number of nitrogens with one attached hydrogen (secondary N) is 1. The van der Waals surface area contributed by atoms with E-state index in [1.54, 1.807) is 14.0 Å². The van der Waals surface area contributed by atoms with Crippen molar-refractivity contribution in [2.45, 2.75) is 17.6 Å². The maximum absolute atomic E-state index is 12.7. The lowest BCUT2D eigenvalue weighted by Crippen LogP contribution is -2.27. The standard InChI is InChI=1S/C20H21N3O4S2/c1-14-19(29(25,26)22-27-3)28-20(21-14)23(2)18(24)13-15-9-11-17(12-10-15)16-7-5-4-6-8-16/h4-12,22H,13H2,1-3H3. The Bertz CT molecular complexity index is 1090. The molecule has 1 aromatic heterocycles. The van der Waals surface area contributed by atoms with E-state index in [0.717, 1.165) is 28.0 Å². The van der Waals surface area contributed by atoms with E-state index >= 15 is 0 Å². The molecule has 0 fully saturated rings. The molecule has 7 nitrogen and oxygen atoms in total. The van der Waals surface area contributed by atoms with Gasteiger partial charge in [-0.3, -0.25) is 14.5 Å². The average molecular weight is 432 g/mol. The van der Waals surface area contributed by atoms with Gasteiger partial charge in [0.25, 0.3) is 10.0 Å². The highest BCUT2D eigenvalue weighted by Crippen LogP contribution is 2.29. The molecular formula is C20H21N3O4S2. The number of rotatable bonds is 7. The Kier molecular flexibility index (Phi) is 6.43. The fourth-order valence-electron chi connectivity index (χ4n) is 2.75. The summed E-state index contributed by atoms with van der Waals surface area (Å²) in [6.07, 6.45) is 0.183. The average Bonchev–Trinajstić information content (AvgIpc) is 3.11. The fraction of sp³-hybridized carbons (Fsp3) is 0.200. The molecule has 0 saturated heterocycles. The van der Waals surface area contributed by atoms with Crippen molar-refractivity contribution in [3.63, 3.8) is 0 Å². The second kappa shape index (κ2) is 8.83. The summed E-state index contributed by atoms with van der Waals surface area (Å²) in [5, 5.41) is 0.310. The quantitative estimate of drug-likeness (QED) is 0.581. The number of carbonyl (C=O) groups excluding carboxylic acids is 1. The third-order valence-corrected chi connectivity index (χ3v) is 7.36. The minimum atomic E-state index is -3.82. The van der Waals surface area contributed by atoms with Crippen LogP contribution in [-0.2, 0) is 26.1 Å². The van der Waals surface area contributed by atoms with E-state index in [0.29, 0.717) is 10.8 Å². The van der Waals surface area contributed by atoms with Crippen LogP contribution in [0.4, 0.5) is 5.13 Å². The molecule has 29 heavy (non-hydrogen) atoms. The Morgan fingerprint density at radius 3 is 2.34 bits per heavy atom. The Hall–Kier alpha value is -2.59. The van der Waals surface area contributed by atoms with Crippen molar-refractivity contribution in [1.82, 2.24) is 9.87 Å². The fourth-order valence-corrected chi connectivity index (χ4v) is 5.03. The Labute approximate surface area is 174 Å². The van der Waals surface area contributed by atoms with Gasteiger partial charge in [-0.15, -0.1) is 0 Å². The van der Waals surface area contributed by atoms with E-state index in [1.165, 1.54) is 12.0 Å². The number of sulfonamides is 1. The van der Waals surface area contributed by atoms with Crippen molar-refractivity contribution >= 4 is 32.4 Å². The van der Waals surface area contributed by atoms with E-state index in [9.17, 15) is 13.2 Å². The number of hydrogen-bond acceptors (Lipinski definition) is 6. The summed E-state index contributed by atoms with van der Waals surface area (Å²) in [4.78, 5) is 24.7. The van der Waals surface area contributed by atoms with Crippen molar-refractivity contribution in [2.24, 2.45) is 0 Å². The summed E-state index contributed by atoms with van der Waals surface area (Å²) in [7, 11) is -1.03. The lowest BCUT2D eigenvalue weighted by molar-refractivity contribution is -0.117. The Morgan fingerprint density at radius 1 is 1.10 bits per heavy atom. The van der Waals surface area contributed by atoms with Crippen LogP contribution in [0.15, 0.2) is 58.8 Å². The van der Waals surface area contributed by atoms with Gasteiger partial charge in [0.15, 0.2) is 9.34 Å². The minimum Gasteiger partial charge on any atom is -0.291 e. The van der Waals surface area contributed by atoms with Gasteiger partial charge >= 0.3 is 0 Å². The van der Waals surface area contributed by atoms with Gasteiger partial charge in [-0.25, -0.2) is 13.4 Å². The zero-order valence-corrected chi connectivity index (χ0v) is 17.9. The van der Waals surface area contributed by atoms with E-state index in [-0.39, 0.29) is 16.5 Å². The highest BCUT2D eigenvalue weighted by molar-refractivity contribution is 7.91. The molecule has 1 amide bonds. The highest BCUT2D eigenvalue weighted by Gasteiger charge is 2.24. The molecule has 1 heterocycles. The number of likely N-dealkylation sites (N-methyl/N-ethyl adjacent to an activating group) is 1. The van der Waals surface area contributed by atoms with Crippen LogP contribution < -0.4 is 9.79 Å². The number of hydrogen-bond donors (Lipinski definition) is 1. The maximum atomic E-state index is 12.7. The molecule has 0 unspecified atom stereocenters. The van der Waals surface area contributed by atoms with Crippen LogP contribution in [0.5, 0.6) is 0 Å². The molecule has 0 aliphatic carbocycles. The molecule has 0 bridgehead atoms. The number of aromatic nitrogens is 1. The minimum absolute atomic E-state index is 0.0150. The van der Waals surface area contributed by atoms with Gasteiger partial charge in [0.2, 0.25) is 5.91 Å². The normalized spacial score (nSPS) is 11.4. The van der Waals surface area contributed by atoms with Crippen molar-refractivity contribution in [3.8, 4) is 11.1 Å². The van der Waals surface area contributed by atoms with Crippen LogP contribution in [0.3, 0.4) is 0 Å². The number of amides is 1. The van der Waals surface area contributed by atoms with Crippen molar-refractivity contribution < 1.29 is 18.0 Å². The lowest BCUT2D eigenvalue weighted by atomic mass is 10.0. The number of benzene rings is 2. The molecule has 0 spiro atoms. The van der Waals surface area contributed by atoms with Gasteiger partial charge in [-0.1, -0.05) is 70.8 Å². The zero-order chi connectivity index (χ0) is 21.0. The second-order valence-corrected chi connectivity index (χ2v) is 9.17. The monoisotopic (exact) mass is 431 g/mol. The van der Waals surface area contributed by atoms with E-state index in [2.05, 4.69) is 9.82 Å². The van der Waals surface area contributed by atoms with Crippen LogP contribution in [0.25, 0.3) is 11.1 Å². The number of thiazole rings is 1. The Balaban J connectivity index is 1.73. The molecule has 1 N–H and O–H groups in total. The number of anilines is 1. The van der Waals surface area contributed by atoms with Gasteiger partial charge in [0, 0.05) is 7.05 Å². The third kappa shape index (κ3) is 4.88. The van der Waals surface area contributed by atoms with Crippen LogP contribution in [0.1, 0.15) is 11.3 Å². The number of nitrogens with zero attached hydrogens (tertiary/aromatic N) is 2. The summed E-state index contributed by atoms with van der Waals surface area (Å²) in [6.45, 7) is 1.57. The third-order valence-electron chi connectivity index (χ3n) is 4.26. The van der Waals surface area contributed by atoms with Crippen LogP contribution in [0, 0.1) is 6.92 Å². The first-order chi connectivity index (χ1) is 13.8. The van der Waals surface area contributed by atoms with E-state index in [1.807, 2.05) is 59.5 Å². The summed E-state index contributed by atoms with van der Waals surface area (Å²) in [5.41, 5.74) is 3.36. The number of aryl methyl sites for hydroxylation is 1. The molecule has 3 rings (SSSR count). The molecule has 0 saturated carbocycles. The second-order valence-electron chi connectivity index (χ2n) is 6.35. The summed E-state index contributed by atoms with van der Waals surface area (Å²) < 4.78 is 24.3. The largest absolute Gasteiger partial charge is 0.291 e. The van der Waals surface area contributed by atoms with Gasteiger partial charge in [-0.05, 0) is 23.6 Å². The first-order valence-corrected chi connectivity index (χ1v) is 11.0. The highest BCUT2D eigenvalue weighted by atomic mass is 32.2. The number of carbonyl (C=O) groups is 1. The molecule has 9 heteroatoms. The topological polar surface area (TPSA) is 88.6 Å². The molecule has 0 aliphatic heterocycles. The summed E-state index contributed by atoms with van der Waals surface area (Å²) in [6, 6.07) is 17.8. The smallest absolute Gasteiger partial charge is 0.273 e. The lowest BCUT2D eigenvalue weighted by Gasteiger charge is -2.14. The molecule has 3 aromatic rings. The predicted octanol–water partition coefficient (Wildman–Crippen LogP) is 3.16. The van der Waals surface area contributed by atoms with Crippen LogP contribution >= 0.6 is 11.3 Å². The summed E-state index contributed by atoms with van der Waals surface area (Å²) in [5.74, 6) is -0.185. The van der Waals surface area contributed by atoms with Crippen molar-refractivity contribution in [2.75, 3.05) is 19.1 Å². The van der Waals surface area contributed by atoms with Crippen LogP contribution in [0.2, 0.25) is 0 Å². The van der Waals surface area contributed by atoms with Gasteiger partial charge in [0.1, 0.15) is 0 Å². The Morgan fingerprint density at radius 2 is 1.72 bits per heavy atom. The van der Waals surface area contributed by atoms with Gasteiger partial charge < -0.3 is 0 Å². The van der Waals surface area contributed by atoms with Gasteiger partial charge in [-0.2, -0.15) is 0 Å². The molecule has 0 atom stereocenters. The van der Waals surface area contributed by atoms with E-state index < -0.39 is 10.0 Å². The van der Waals surface area contributed by atoms with Gasteiger partial charge in [0.05, 0.1) is 19.2 Å². The molecule has 2 aromatic carbocycles. The summed E-state index contributed by atoms with van der Waals surface area (Å²) >= 11 is 0.917. The predicted molar refractivity (Wildman–Crippen MR) is 113 cm³/mol. The molecular weight excluding hydrogens is 410 g/mol. The van der Waals surface area contributed by atoms with Crippen LogP contribution in [-0.4, -0.2) is 33.5 Å². The van der Waals surface area contributed by atoms with Crippen molar-refractivity contribution in [1.29, 1.82) is 0 Å². The molecule has 0 aliphatic rings. The first kappa shape index (κ1) is 21.1. The molecule has 0 radical (unpaired) electrons.